The number of aryl methyl sites for hydroxylation is 1. The maximum absolute atomic E-state index is 13.0. The van der Waals surface area contributed by atoms with Gasteiger partial charge in [-0.2, -0.15) is 26.3 Å². The standard InChI is InChI=1S/C19H18F3N3O4S.C2HF3O2/c1-12-10-23-9-8-13(12)11-24-17(27)25(16(26)18(24,2)3)14-4-6-15(7-5-14)30(28,29)19(20,21)22;3-2(4,5)1(6)7/h4-10H,11H2,1-3H3;(H,6,7). The van der Waals surface area contributed by atoms with Gasteiger partial charge in [0, 0.05) is 18.9 Å². The van der Waals surface area contributed by atoms with Crippen LogP contribution in [-0.2, 0) is 26.0 Å². The Labute approximate surface area is 206 Å². The molecule has 3 rings (SSSR count). The Balaban J connectivity index is 0.000000604. The van der Waals surface area contributed by atoms with Crippen LogP contribution in [0, 0.1) is 6.92 Å². The van der Waals surface area contributed by atoms with Crippen molar-refractivity contribution in [3.05, 3.63) is 53.9 Å². The summed E-state index contributed by atoms with van der Waals surface area (Å²) in [6, 6.07) is 4.52. The lowest BCUT2D eigenvalue weighted by Gasteiger charge is -2.28. The van der Waals surface area contributed by atoms with Crippen LogP contribution in [0.5, 0.6) is 0 Å². The van der Waals surface area contributed by atoms with Gasteiger partial charge in [0.2, 0.25) is 0 Å². The van der Waals surface area contributed by atoms with E-state index < -0.39 is 49.9 Å². The Kier molecular flexibility index (Phi) is 7.98. The van der Waals surface area contributed by atoms with E-state index in [1.54, 1.807) is 32.3 Å². The third-order valence-corrected chi connectivity index (χ3v) is 6.74. The highest BCUT2D eigenvalue weighted by atomic mass is 32.2. The number of urea groups is 1. The molecule has 2 aromatic rings. The van der Waals surface area contributed by atoms with Crippen LogP contribution in [0.25, 0.3) is 0 Å². The second-order valence-corrected chi connectivity index (χ2v) is 10.1. The minimum Gasteiger partial charge on any atom is -0.475 e. The zero-order valence-corrected chi connectivity index (χ0v) is 20.1. The first-order valence-electron chi connectivity index (χ1n) is 10.00. The molecule has 202 valence electrons. The highest BCUT2D eigenvalue weighted by molar-refractivity contribution is 7.92. The number of halogens is 6. The average molecular weight is 555 g/mol. The van der Waals surface area contributed by atoms with Crippen LogP contribution in [0.2, 0.25) is 0 Å². The summed E-state index contributed by atoms with van der Waals surface area (Å²) in [4.78, 5) is 40.0. The predicted octanol–water partition coefficient (Wildman–Crippen LogP) is 4.06. The quantitative estimate of drug-likeness (QED) is 0.446. The summed E-state index contributed by atoms with van der Waals surface area (Å²) >= 11 is 0. The van der Waals surface area contributed by atoms with Gasteiger partial charge in [0.1, 0.15) is 5.54 Å². The molecule has 1 aliphatic rings. The fourth-order valence-corrected chi connectivity index (χ4v) is 3.85. The number of anilines is 1. The van der Waals surface area contributed by atoms with Crippen LogP contribution in [0.4, 0.5) is 36.8 Å². The molecule has 2 heterocycles. The lowest BCUT2D eigenvalue weighted by molar-refractivity contribution is -0.192. The number of sulfone groups is 1. The maximum Gasteiger partial charge on any atom is 0.501 e. The number of amides is 3. The number of aliphatic carboxylic acids is 1. The summed E-state index contributed by atoms with van der Waals surface area (Å²) in [5, 5.41) is 7.12. The van der Waals surface area contributed by atoms with Gasteiger partial charge in [-0.3, -0.25) is 9.78 Å². The molecule has 1 aromatic carbocycles. The van der Waals surface area contributed by atoms with Crippen LogP contribution in [0.3, 0.4) is 0 Å². The zero-order valence-electron chi connectivity index (χ0n) is 19.3. The fourth-order valence-electron chi connectivity index (χ4n) is 3.09. The number of imide groups is 1. The van der Waals surface area contributed by atoms with Crippen molar-refractivity contribution in [1.82, 2.24) is 9.88 Å². The first-order chi connectivity index (χ1) is 16.7. The highest BCUT2D eigenvalue weighted by Gasteiger charge is 2.52. The van der Waals surface area contributed by atoms with Crippen molar-refractivity contribution < 1.29 is 54.3 Å². The molecule has 9 nitrogen and oxygen atoms in total. The molecule has 1 aliphatic heterocycles. The smallest absolute Gasteiger partial charge is 0.475 e. The van der Waals surface area contributed by atoms with Crippen LogP contribution < -0.4 is 4.90 Å². The number of carboxylic acid groups (broad SMARTS) is 1. The first-order valence-corrected chi connectivity index (χ1v) is 11.5. The molecule has 0 saturated carbocycles. The van der Waals surface area contributed by atoms with Gasteiger partial charge in [-0.15, -0.1) is 0 Å². The lowest BCUT2D eigenvalue weighted by Crippen LogP contribution is -2.43. The lowest BCUT2D eigenvalue weighted by atomic mass is 10.0. The summed E-state index contributed by atoms with van der Waals surface area (Å²) in [5.74, 6) is -3.34. The molecule has 0 radical (unpaired) electrons. The third-order valence-electron chi connectivity index (χ3n) is 5.24. The van der Waals surface area contributed by atoms with E-state index in [2.05, 4.69) is 4.98 Å². The van der Waals surface area contributed by atoms with Gasteiger partial charge in [-0.05, 0) is 62.2 Å². The molecule has 1 saturated heterocycles. The molecule has 3 amide bonds. The molecule has 1 aromatic heterocycles. The number of alkyl halides is 6. The van der Waals surface area contributed by atoms with E-state index in [-0.39, 0.29) is 12.2 Å². The van der Waals surface area contributed by atoms with Crippen molar-refractivity contribution in [2.75, 3.05) is 4.90 Å². The number of carbonyl (C=O) groups is 3. The van der Waals surface area contributed by atoms with Gasteiger partial charge in [0.15, 0.2) is 0 Å². The van der Waals surface area contributed by atoms with E-state index in [1.165, 1.54) is 4.90 Å². The van der Waals surface area contributed by atoms with Crippen molar-refractivity contribution in [1.29, 1.82) is 0 Å². The summed E-state index contributed by atoms with van der Waals surface area (Å²) in [7, 11) is -5.53. The molecule has 0 spiro atoms. The van der Waals surface area contributed by atoms with Crippen molar-refractivity contribution in [2.24, 2.45) is 0 Å². The maximum atomic E-state index is 13.0. The van der Waals surface area contributed by atoms with Crippen molar-refractivity contribution in [3.63, 3.8) is 0 Å². The van der Waals surface area contributed by atoms with E-state index in [0.717, 1.165) is 40.3 Å². The number of rotatable bonds is 4. The summed E-state index contributed by atoms with van der Waals surface area (Å²) in [5.41, 5.74) is -5.08. The van der Waals surface area contributed by atoms with Crippen LogP contribution in [0.15, 0.2) is 47.6 Å². The van der Waals surface area contributed by atoms with Crippen molar-refractivity contribution in [3.8, 4) is 0 Å². The average Bonchev–Trinajstić information content (AvgIpc) is 2.93. The van der Waals surface area contributed by atoms with E-state index >= 15 is 0 Å². The number of carbonyl (C=O) groups excluding carboxylic acids is 2. The molecular weight excluding hydrogens is 536 g/mol. The minimum atomic E-state index is -5.53. The Bertz CT molecular complexity index is 1310. The van der Waals surface area contributed by atoms with Gasteiger partial charge in [0.05, 0.1) is 10.6 Å². The first kappa shape index (κ1) is 29.5. The van der Waals surface area contributed by atoms with Gasteiger partial charge in [-0.25, -0.2) is 22.9 Å². The molecule has 0 atom stereocenters. The van der Waals surface area contributed by atoms with Crippen LogP contribution in [0.1, 0.15) is 25.0 Å². The summed E-state index contributed by atoms with van der Waals surface area (Å²) in [6.45, 7) is 5.07. The Hall–Kier alpha value is -3.69. The topological polar surface area (TPSA) is 125 Å². The molecule has 0 aliphatic carbocycles. The molecule has 1 fully saturated rings. The van der Waals surface area contributed by atoms with Crippen molar-refractivity contribution >= 4 is 33.4 Å². The number of carboxylic acids is 1. The SMILES string of the molecule is Cc1cnccc1CN1C(=O)N(c2ccc(S(=O)(=O)C(F)(F)F)cc2)C(=O)C1(C)C.O=C(O)C(F)(F)F. The van der Waals surface area contributed by atoms with Crippen LogP contribution >= 0.6 is 0 Å². The monoisotopic (exact) mass is 555 g/mol. The largest absolute Gasteiger partial charge is 0.501 e. The summed E-state index contributed by atoms with van der Waals surface area (Å²) in [6.07, 6.45) is -1.89. The minimum absolute atomic E-state index is 0.0202. The van der Waals surface area contributed by atoms with Gasteiger partial charge in [0.25, 0.3) is 15.7 Å². The predicted molar refractivity (Wildman–Crippen MR) is 115 cm³/mol. The second-order valence-electron chi connectivity index (χ2n) is 8.12. The normalized spacial score (nSPS) is 15.9. The molecule has 1 N–H and O–H groups in total. The molecule has 0 bridgehead atoms. The number of hydrogen-bond donors (Lipinski definition) is 1. The number of benzene rings is 1. The van der Waals surface area contributed by atoms with E-state index in [4.69, 9.17) is 9.90 Å². The molecule has 0 unspecified atom stereocenters. The molecular formula is C21H19F6N3O6S. The van der Waals surface area contributed by atoms with Gasteiger partial charge < -0.3 is 10.0 Å². The fraction of sp³-hybridized carbons (Fsp3) is 0.333. The highest BCUT2D eigenvalue weighted by Crippen LogP contribution is 2.35. The second kappa shape index (κ2) is 9.99. The van der Waals surface area contributed by atoms with Gasteiger partial charge >= 0.3 is 23.7 Å². The van der Waals surface area contributed by atoms with Gasteiger partial charge in [-0.1, -0.05) is 0 Å². The van der Waals surface area contributed by atoms with E-state index in [9.17, 15) is 44.3 Å². The Morgan fingerprint density at radius 1 is 1.03 bits per heavy atom. The molecule has 37 heavy (non-hydrogen) atoms. The van der Waals surface area contributed by atoms with Crippen molar-refractivity contribution in [2.45, 2.75) is 49.4 Å². The number of hydrogen-bond acceptors (Lipinski definition) is 6. The summed E-state index contributed by atoms with van der Waals surface area (Å²) < 4.78 is 92.9. The number of nitrogens with zero attached hydrogens (tertiary/aromatic N) is 3. The van der Waals surface area contributed by atoms with E-state index in [0.29, 0.717) is 0 Å². The third kappa shape index (κ3) is 6.00. The Morgan fingerprint density at radius 2 is 1.54 bits per heavy atom. The molecule has 16 heteroatoms. The Morgan fingerprint density at radius 3 is 1.97 bits per heavy atom. The van der Waals surface area contributed by atoms with Crippen LogP contribution in [-0.4, -0.2) is 58.5 Å². The number of pyridine rings is 1. The zero-order chi connectivity index (χ0) is 28.6. The van der Waals surface area contributed by atoms with E-state index in [1.807, 2.05) is 6.92 Å². The number of aromatic nitrogens is 1.